The van der Waals surface area contributed by atoms with Gasteiger partial charge in [-0.15, -0.1) is 0 Å². The third-order valence-corrected chi connectivity index (χ3v) is 2.45. The van der Waals surface area contributed by atoms with Gasteiger partial charge in [0.2, 0.25) is 5.89 Å². The molecule has 0 saturated heterocycles. The number of oxazole rings is 1. The average Bonchev–Trinajstić information content (AvgIpc) is 2.78. The van der Waals surface area contributed by atoms with Crippen molar-refractivity contribution in [2.75, 3.05) is 7.11 Å². The van der Waals surface area contributed by atoms with Gasteiger partial charge in [-0.2, -0.15) is 0 Å². The van der Waals surface area contributed by atoms with Crippen LogP contribution in [-0.2, 0) is 16.0 Å². The Hall–Kier alpha value is -1.81. The fourth-order valence-corrected chi connectivity index (χ4v) is 1.46. The molecule has 5 heteroatoms. The predicted molar refractivity (Wildman–Crippen MR) is 62.7 cm³/mol. The van der Waals surface area contributed by atoms with Gasteiger partial charge in [-0.3, -0.25) is 4.79 Å². The zero-order valence-corrected chi connectivity index (χ0v) is 9.90. The van der Waals surface area contributed by atoms with E-state index in [0.717, 1.165) is 5.56 Å². The second-order valence-electron chi connectivity index (χ2n) is 3.40. The number of hydrogen-bond acceptors (Lipinski definition) is 4. The maximum absolute atomic E-state index is 11.1. The molecule has 0 amide bonds. The Kier molecular flexibility index (Phi) is 3.44. The minimum absolute atomic E-state index is 0.105. The number of halogens is 1. The number of esters is 1. The molecule has 1 heterocycles. The zero-order valence-electron chi connectivity index (χ0n) is 9.14. The molecule has 1 aromatic carbocycles. The number of ether oxygens (including phenoxy) is 1. The van der Waals surface area contributed by atoms with Crippen LogP contribution in [0.15, 0.2) is 34.9 Å². The number of carbonyl (C=O) groups excluding carboxylic acids is 1. The Labute approximate surface area is 103 Å². The summed E-state index contributed by atoms with van der Waals surface area (Å²) in [6.45, 7) is 0. The monoisotopic (exact) mass is 251 g/mol. The lowest BCUT2D eigenvalue weighted by Crippen LogP contribution is -2.04. The molecule has 1 aromatic heterocycles. The van der Waals surface area contributed by atoms with Gasteiger partial charge < -0.3 is 9.15 Å². The number of carbonyl (C=O) groups is 1. The van der Waals surface area contributed by atoms with Crippen LogP contribution in [-0.4, -0.2) is 18.1 Å². The summed E-state index contributed by atoms with van der Waals surface area (Å²) >= 11 is 5.78. The van der Waals surface area contributed by atoms with Gasteiger partial charge >= 0.3 is 5.97 Å². The molecule has 17 heavy (non-hydrogen) atoms. The average molecular weight is 252 g/mol. The lowest BCUT2D eigenvalue weighted by Gasteiger charge is -1.95. The first-order chi connectivity index (χ1) is 8.19. The molecule has 0 aliphatic carbocycles. The Morgan fingerprint density at radius 1 is 1.41 bits per heavy atom. The highest BCUT2D eigenvalue weighted by molar-refractivity contribution is 6.30. The molecule has 0 atom stereocenters. The summed E-state index contributed by atoms with van der Waals surface area (Å²) < 4.78 is 9.82. The summed E-state index contributed by atoms with van der Waals surface area (Å²) in [6.07, 6.45) is 1.55. The van der Waals surface area contributed by atoms with E-state index in [1.165, 1.54) is 13.4 Å². The van der Waals surface area contributed by atoms with Crippen molar-refractivity contribution in [2.24, 2.45) is 0 Å². The number of hydrogen-bond donors (Lipinski definition) is 0. The molecule has 0 aliphatic heterocycles. The lowest BCUT2D eigenvalue weighted by atomic mass is 10.2. The van der Waals surface area contributed by atoms with E-state index in [2.05, 4.69) is 9.72 Å². The summed E-state index contributed by atoms with van der Waals surface area (Å²) in [7, 11) is 1.34. The Balaban J connectivity index is 2.18. The molecule has 0 bridgehead atoms. The van der Waals surface area contributed by atoms with Crippen molar-refractivity contribution >= 4 is 17.6 Å². The van der Waals surface area contributed by atoms with Crippen LogP contribution in [0.2, 0.25) is 5.02 Å². The van der Waals surface area contributed by atoms with Gasteiger partial charge in [0.1, 0.15) is 6.26 Å². The summed E-state index contributed by atoms with van der Waals surface area (Å²) in [5.74, 6) is 0.113. The fraction of sp³-hybridized carbons (Fsp3) is 0.167. The third kappa shape index (κ3) is 2.85. The summed E-state index contributed by atoms with van der Waals surface area (Å²) in [6, 6.07) is 7.11. The molecule has 0 spiro atoms. The van der Waals surface area contributed by atoms with Crippen molar-refractivity contribution in [3.63, 3.8) is 0 Å². The molecule has 0 aliphatic rings. The van der Waals surface area contributed by atoms with Crippen LogP contribution >= 0.6 is 11.6 Å². The largest absolute Gasteiger partial charge is 0.469 e. The van der Waals surface area contributed by atoms with E-state index in [1.807, 2.05) is 0 Å². The number of aromatic nitrogens is 1. The highest BCUT2D eigenvalue weighted by atomic mass is 35.5. The van der Waals surface area contributed by atoms with E-state index in [9.17, 15) is 4.79 Å². The first-order valence-corrected chi connectivity index (χ1v) is 5.34. The maximum Gasteiger partial charge on any atom is 0.311 e. The number of methoxy groups -OCH3 is 1. The van der Waals surface area contributed by atoms with E-state index in [4.69, 9.17) is 16.0 Å². The molecule has 0 fully saturated rings. The Morgan fingerprint density at radius 2 is 2.12 bits per heavy atom. The van der Waals surface area contributed by atoms with E-state index < -0.39 is 0 Å². The Bertz CT molecular complexity index is 519. The fourth-order valence-electron chi connectivity index (χ4n) is 1.33. The van der Waals surface area contributed by atoms with E-state index in [1.54, 1.807) is 24.3 Å². The van der Waals surface area contributed by atoms with Gasteiger partial charge in [-0.25, -0.2) is 4.98 Å². The molecule has 2 aromatic rings. The van der Waals surface area contributed by atoms with Crippen LogP contribution in [0.3, 0.4) is 0 Å². The normalized spacial score (nSPS) is 10.2. The highest BCUT2D eigenvalue weighted by Gasteiger charge is 2.10. The van der Waals surface area contributed by atoms with Crippen molar-refractivity contribution in [3.8, 4) is 11.5 Å². The standard InChI is InChI=1S/C12H10ClNO3/c1-16-11(15)6-10-7-17-12(14-10)8-2-4-9(13)5-3-8/h2-5,7H,6H2,1H3. The van der Waals surface area contributed by atoms with Gasteiger partial charge in [0.25, 0.3) is 0 Å². The van der Waals surface area contributed by atoms with Crippen LogP contribution in [0.25, 0.3) is 11.5 Å². The molecular formula is C12H10ClNO3. The van der Waals surface area contributed by atoms with Crippen LogP contribution in [0.5, 0.6) is 0 Å². The van der Waals surface area contributed by atoms with Gasteiger partial charge in [-0.1, -0.05) is 11.6 Å². The predicted octanol–water partition coefficient (Wildman–Crippen LogP) is 2.71. The Morgan fingerprint density at radius 3 is 2.76 bits per heavy atom. The molecule has 2 rings (SSSR count). The van der Waals surface area contributed by atoms with Gasteiger partial charge in [0, 0.05) is 10.6 Å². The number of nitrogens with zero attached hydrogens (tertiary/aromatic N) is 1. The smallest absolute Gasteiger partial charge is 0.311 e. The molecule has 0 unspecified atom stereocenters. The van der Waals surface area contributed by atoms with E-state index >= 15 is 0 Å². The molecule has 4 nitrogen and oxygen atoms in total. The lowest BCUT2D eigenvalue weighted by molar-refractivity contribution is -0.139. The van der Waals surface area contributed by atoms with Crippen LogP contribution < -0.4 is 0 Å². The summed E-state index contributed by atoms with van der Waals surface area (Å²) in [5.41, 5.74) is 1.35. The second kappa shape index (κ2) is 5.01. The zero-order chi connectivity index (χ0) is 12.3. The van der Waals surface area contributed by atoms with Crippen molar-refractivity contribution in [3.05, 3.63) is 41.2 Å². The van der Waals surface area contributed by atoms with Crippen molar-refractivity contribution in [1.82, 2.24) is 4.98 Å². The quantitative estimate of drug-likeness (QED) is 0.787. The minimum Gasteiger partial charge on any atom is -0.469 e. The number of benzene rings is 1. The van der Waals surface area contributed by atoms with Gasteiger partial charge in [-0.05, 0) is 24.3 Å². The van der Waals surface area contributed by atoms with E-state index in [0.29, 0.717) is 16.6 Å². The van der Waals surface area contributed by atoms with Crippen LogP contribution in [0.4, 0.5) is 0 Å². The third-order valence-electron chi connectivity index (χ3n) is 2.20. The van der Waals surface area contributed by atoms with Gasteiger partial charge in [0.15, 0.2) is 0 Å². The topological polar surface area (TPSA) is 52.3 Å². The highest BCUT2D eigenvalue weighted by Crippen LogP contribution is 2.20. The number of rotatable bonds is 3. The van der Waals surface area contributed by atoms with Crippen molar-refractivity contribution in [1.29, 1.82) is 0 Å². The first kappa shape index (κ1) is 11.7. The van der Waals surface area contributed by atoms with Gasteiger partial charge in [0.05, 0.1) is 19.2 Å². The molecule has 88 valence electrons. The second-order valence-corrected chi connectivity index (χ2v) is 3.84. The first-order valence-electron chi connectivity index (χ1n) is 4.96. The van der Waals surface area contributed by atoms with Crippen molar-refractivity contribution in [2.45, 2.75) is 6.42 Å². The van der Waals surface area contributed by atoms with Crippen LogP contribution in [0, 0.1) is 0 Å². The SMILES string of the molecule is COC(=O)Cc1coc(-c2ccc(Cl)cc2)n1. The summed E-state index contributed by atoms with van der Waals surface area (Å²) in [4.78, 5) is 15.2. The van der Waals surface area contributed by atoms with Crippen LogP contribution in [0.1, 0.15) is 5.69 Å². The minimum atomic E-state index is -0.346. The summed E-state index contributed by atoms with van der Waals surface area (Å²) in [5, 5.41) is 0.648. The molecule has 0 radical (unpaired) electrons. The molecule has 0 N–H and O–H groups in total. The van der Waals surface area contributed by atoms with Crippen molar-refractivity contribution < 1.29 is 13.9 Å². The van der Waals surface area contributed by atoms with E-state index in [-0.39, 0.29) is 12.4 Å². The molecule has 0 saturated carbocycles. The molecular weight excluding hydrogens is 242 g/mol. The maximum atomic E-state index is 11.1.